The van der Waals surface area contributed by atoms with Gasteiger partial charge in [0.25, 0.3) is 5.91 Å². The molecule has 0 bridgehead atoms. The molecule has 0 saturated heterocycles. The van der Waals surface area contributed by atoms with Gasteiger partial charge >= 0.3 is 0 Å². The van der Waals surface area contributed by atoms with Gasteiger partial charge in [0.05, 0.1) is 18.0 Å². The minimum absolute atomic E-state index is 0.333. The number of carbonyl (C=O) groups excluding carboxylic acids is 1. The van der Waals surface area contributed by atoms with Crippen molar-refractivity contribution in [1.29, 1.82) is 0 Å². The van der Waals surface area contributed by atoms with Crippen molar-refractivity contribution in [1.82, 2.24) is 20.6 Å². The number of hydrogen-bond acceptors (Lipinski definition) is 5. The van der Waals surface area contributed by atoms with Gasteiger partial charge in [-0.05, 0) is 56.3 Å². The molecule has 2 aromatic heterocycles. The molecule has 3 aromatic rings. The second-order valence-corrected chi connectivity index (χ2v) is 5.50. The summed E-state index contributed by atoms with van der Waals surface area (Å²) < 4.78 is 5.42. The lowest BCUT2D eigenvalue weighted by atomic mass is 10.1. The van der Waals surface area contributed by atoms with Crippen molar-refractivity contribution < 1.29 is 9.53 Å². The van der Waals surface area contributed by atoms with Crippen LogP contribution in [0.25, 0.3) is 11.3 Å². The Bertz CT molecular complexity index is 901. The molecule has 0 fully saturated rings. The predicted molar refractivity (Wildman–Crippen MR) is 99.1 cm³/mol. The molecule has 0 atom stereocenters. The largest absolute Gasteiger partial charge is 0.494 e. The van der Waals surface area contributed by atoms with Crippen molar-refractivity contribution in [3.8, 4) is 17.0 Å². The van der Waals surface area contributed by atoms with Crippen LogP contribution in [0.2, 0.25) is 0 Å². The second-order valence-electron chi connectivity index (χ2n) is 5.50. The number of hydrogen-bond donors (Lipinski definition) is 2. The molecule has 26 heavy (non-hydrogen) atoms. The number of H-pyrrole nitrogens is 1. The zero-order valence-electron chi connectivity index (χ0n) is 14.6. The van der Waals surface area contributed by atoms with Crippen molar-refractivity contribution in [3.63, 3.8) is 0 Å². The fourth-order valence-electron chi connectivity index (χ4n) is 2.33. The number of benzene rings is 1. The third kappa shape index (κ3) is 4.13. The molecule has 0 aliphatic carbocycles. The zero-order valence-corrected chi connectivity index (χ0v) is 14.6. The molecule has 0 aliphatic heterocycles. The predicted octanol–water partition coefficient (Wildman–Crippen LogP) is 3.02. The maximum Gasteiger partial charge on any atom is 0.289 e. The minimum atomic E-state index is -0.358. The van der Waals surface area contributed by atoms with Crippen LogP contribution >= 0.6 is 0 Å². The highest BCUT2D eigenvalue weighted by Gasteiger charge is 2.11. The van der Waals surface area contributed by atoms with Gasteiger partial charge in [-0.15, -0.1) is 0 Å². The van der Waals surface area contributed by atoms with Crippen molar-refractivity contribution in [2.75, 3.05) is 6.61 Å². The number of aromatic amines is 1. The third-order valence-electron chi connectivity index (χ3n) is 3.71. The molecule has 132 valence electrons. The van der Waals surface area contributed by atoms with E-state index < -0.39 is 0 Å². The molecule has 3 rings (SSSR count). The standard InChI is InChI=1S/C19H19N5O2/c1-3-26-16-6-4-15(5-7-16)17-12-18(23-22-17)19(25)24-21-13(2)14-8-10-20-11-9-14/h4-12H,3H2,1-2H3,(H,22,23)(H,24,25)/b21-13-. The molecule has 0 aliphatic rings. The van der Waals surface area contributed by atoms with E-state index in [1.807, 2.05) is 50.2 Å². The van der Waals surface area contributed by atoms with Crippen molar-refractivity contribution in [3.05, 3.63) is 66.1 Å². The summed E-state index contributed by atoms with van der Waals surface area (Å²) in [5.41, 5.74) is 6.00. The Morgan fingerprint density at radius 3 is 2.62 bits per heavy atom. The Labute approximate surface area is 151 Å². The third-order valence-corrected chi connectivity index (χ3v) is 3.71. The number of amides is 1. The van der Waals surface area contributed by atoms with E-state index in [1.165, 1.54) is 0 Å². The number of nitrogens with one attached hydrogen (secondary N) is 2. The monoisotopic (exact) mass is 349 g/mol. The lowest BCUT2D eigenvalue weighted by molar-refractivity contribution is 0.0950. The highest BCUT2D eigenvalue weighted by atomic mass is 16.5. The smallest absolute Gasteiger partial charge is 0.289 e. The highest BCUT2D eigenvalue weighted by molar-refractivity contribution is 6.00. The molecule has 0 spiro atoms. The van der Waals surface area contributed by atoms with E-state index in [1.54, 1.807) is 18.5 Å². The molecular weight excluding hydrogens is 330 g/mol. The summed E-state index contributed by atoms with van der Waals surface area (Å²) in [7, 11) is 0. The molecule has 0 radical (unpaired) electrons. The summed E-state index contributed by atoms with van der Waals surface area (Å²) in [5, 5.41) is 11.0. The van der Waals surface area contributed by atoms with Gasteiger partial charge in [0.2, 0.25) is 0 Å². The maximum absolute atomic E-state index is 12.2. The first-order valence-electron chi connectivity index (χ1n) is 8.21. The molecule has 1 amide bonds. The number of nitrogens with zero attached hydrogens (tertiary/aromatic N) is 3. The SMILES string of the molecule is CCOc1ccc(-c2cc(C(=O)N/N=C(/C)c3ccncc3)[nH]n2)cc1. The summed E-state index contributed by atoms with van der Waals surface area (Å²) in [6.07, 6.45) is 3.35. The Hall–Kier alpha value is -3.48. The van der Waals surface area contributed by atoms with Crippen LogP contribution in [0.5, 0.6) is 5.75 Å². The number of hydrazone groups is 1. The summed E-state index contributed by atoms with van der Waals surface area (Å²) in [6.45, 7) is 4.37. The van der Waals surface area contributed by atoms with Crippen LogP contribution in [0, 0.1) is 0 Å². The van der Waals surface area contributed by atoms with E-state index in [4.69, 9.17) is 4.74 Å². The number of carbonyl (C=O) groups is 1. The number of pyridine rings is 1. The highest BCUT2D eigenvalue weighted by Crippen LogP contribution is 2.21. The van der Waals surface area contributed by atoms with Crippen molar-refractivity contribution in [2.45, 2.75) is 13.8 Å². The first-order valence-corrected chi connectivity index (χ1v) is 8.21. The first kappa shape index (κ1) is 17.3. The quantitative estimate of drug-likeness (QED) is 0.528. The van der Waals surface area contributed by atoms with E-state index in [2.05, 4.69) is 25.7 Å². The zero-order chi connectivity index (χ0) is 18.4. The van der Waals surface area contributed by atoms with E-state index in [0.29, 0.717) is 23.7 Å². The average Bonchev–Trinajstić information content (AvgIpc) is 3.18. The van der Waals surface area contributed by atoms with Gasteiger partial charge in [-0.25, -0.2) is 5.43 Å². The summed E-state index contributed by atoms with van der Waals surface area (Å²) in [6, 6.07) is 12.9. The van der Waals surface area contributed by atoms with Crippen LogP contribution in [0.1, 0.15) is 29.9 Å². The molecular formula is C19H19N5O2. The van der Waals surface area contributed by atoms with Gasteiger partial charge in [-0.1, -0.05) is 0 Å². The van der Waals surface area contributed by atoms with Gasteiger partial charge in [-0.3, -0.25) is 14.9 Å². The number of aromatic nitrogens is 3. The van der Waals surface area contributed by atoms with Gasteiger partial charge in [-0.2, -0.15) is 10.2 Å². The normalized spacial score (nSPS) is 11.2. The second kappa shape index (κ2) is 8.06. The summed E-state index contributed by atoms with van der Waals surface area (Å²) in [4.78, 5) is 16.2. The molecule has 7 heteroatoms. The summed E-state index contributed by atoms with van der Waals surface area (Å²) in [5.74, 6) is 0.439. The van der Waals surface area contributed by atoms with Crippen LogP contribution < -0.4 is 10.2 Å². The molecule has 0 saturated carbocycles. The molecule has 1 aromatic carbocycles. The fraction of sp³-hybridized carbons (Fsp3) is 0.158. The van der Waals surface area contributed by atoms with E-state index in [9.17, 15) is 4.79 Å². The van der Waals surface area contributed by atoms with E-state index in [0.717, 1.165) is 16.9 Å². The minimum Gasteiger partial charge on any atom is -0.494 e. The van der Waals surface area contributed by atoms with Gasteiger partial charge in [0.1, 0.15) is 11.4 Å². The van der Waals surface area contributed by atoms with Gasteiger partial charge in [0, 0.05) is 23.5 Å². The Kier molecular flexibility index (Phi) is 5.38. The Morgan fingerprint density at radius 1 is 1.19 bits per heavy atom. The first-order chi connectivity index (χ1) is 12.7. The maximum atomic E-state index is 12.2. The van der Waals surface area contributed by atoms with Crippen LogP contribution in [0.4, 0.5) is 0 Å². The lowest BCUT2D eigenvalue weighted by Gasteiger charge is -2.02. The number of rotatable bonds is 6. The molecule has 7 nitrogen and oxygen atoms in total. The van der Waals surface area contributed by atoms with Gasteiger partial charge in [0.15, 0.2) is 0 Å². The van der Waals surface area contributed by atoms with Crippen LogP contribution in [0.15, 0.2) is 60.0 Å². The van der Waals surface area contributed by atoms with Crippen LogP contribution in [0.3, 0.4) is 0 Å². The summed E-state index contributed by atoms with van der Waals surface area (Å²) >= 11 is 0. The van der Waals surface area contributed by atoms with Crippen molar-refractivity contribution in [2.24, 2.45) is 5.10 Å². The Balaban J connectivity index is 1.68. The molecule has 0 unspecified atom stereocenters. The van der Waals surface area contributed by atoms with Crippen LogP contribution in [-0.4, -0.2) is 33.4 Å². The van der Waals surface area contributed by atoms with Crippen molar-refractivity contribution >= 4 is 11.6 Å². The van der Waals surface area contributed by atoms with Crippen LogP contribution in [-0.2, 0) is 0 Å². The molecule has 2 heterocycles. The number of ether oxygens (including phenoxy) is 1. The van der Waals surface area contributed by atoms with Gasteiger partial charge < -0.3 is 4.74 Å². The molecule has 2 N–H and O–H groups in total. The average molecular weight is 349 g/mol. The fourth-order valence-corrected chi connectivity index (χ4v) is 2.33. The van der Waals surface area contributed by atoms with E-state index >= 15 is 0 Å². The lowest BCUT2D eigenvalue weighted by Crippen LogP contribution is -2.19. The topological polar surface area (TPSA) is 92.3 Å². The Morgan fingerprint density at radius 2 is 1.92 bits per heavy atom. The van der Waals surface area contributed by atoms with E-state index in [-0.39, 0.29) is 5.91 Å².